The lowest BCUT2D eigenvalue weighted by atomic mass is 10.0. The number of carbonyl (C=O) groups excluding carboxylic acids is 1. The van der Waals surface area contributed by atoms with Gasteiger partial charge < -0.3 is 14.6 Å². The van der Waals surface area contributed by atoms with Gasteiger partial charge in [0.2, 0.25) is 0 Å². The van der Waals surface area contributed by atoms with Crippen LogP contribution < -0.4 is 5.32 Å². The van der Waals surface area contributed by atoms with Gasteiger partial charge in [-0.1, -0.05) is 29.4 Å². The number of nitrogens with zero attached hydrogens (tertiary/aromatic N) is 5. The van der Waals surface area contributed by atoms with Crippen molar-refractivity contribution in [3.05, 3.63) is 77.1 Å². The Bertz CT molecular complexity index is 1250. The number of methoxy groups -OCH3 is 1. The van der Waals surface area contributed by atoms with E-state index in [4.69, 9.17) is 14.2 Å². The summed E-state index contributed by atoms with van der Waals surface area (Å²) in [5.74, 6) is 0.120. The first kappa shape index (κ1) is 20.1. The number of hydrogen-bond donors (Lipinski definition) is 1. The molecule has 1 aromatic carbocycles. The monoisotopic (exact) mass is 430 g/mol. The fourth-order valence-electron chi connectivity index (χ4n) is 3.96. The van der Waals surface area contributed by atoms with E-state index in [1.165, 1.54) is 18.0 Å². The van der Waals surface area contributed by atoms with Crippen LogP contribution >= 0.6 is 0 Å². The van der Waals surface area contributed by atoms with Crippen molar-refractivity contribution < 1.29 is 14.1 Å². The topological polar surface area (TPSA) is 108 Å². The van der Waals surface area contributed by atoms with Crippen molar-refractivity contribution in [1.82, 2.24) is 30.2 Å². The van der Waals surface area contributed by atoms with Gasteiger partial charge in [0, 0.05) is 24.9 Å². The molecule has 32 heavy (non-hydrogen) atoms. The number of carbonyl (C=O) groups is 1. The first-order valence-electron chi connectivity index (χ1n) is 10.4. The van der Waals surface area contributed by atoms with Gasteiger partial charge in [0.15, 0.2) is 0 Å². The molecule has 0 radical (unpaired) electrons. The van der Waals surface area contributed by atoms with Crippen LogP contribution in [0.2, 0.25) is 0 Å². The number of rotatable bonds is 6. The smallest absolute Gasteiger partial charge is 0.255 e. The summed E-state index contributed by atoms with van der Waals surface area (Å²) in [6.07, 6.45) is 7.82. The van der Waals surface area contributed by atoms with Crippen LogP contribution in [0.5, 0.6) is 0 Å². The third kappa shape index (κ3) is 3.78. The molecule has 3 heterocycles. The van der Waals surface area contributed by atoms with Gasteiger partial charge in [0.25, 0.3) is 11.9 Å². The average Bonchev–Trinajstić information content (AvgIpc) is 3.45. The lowest BCUT2D eigenvalue weighted by molar-refractivity contribution is 0.0944. The second kappa shape index (κ2) is 8.72. The van der Waals surface area contributed by atoms with Crippen molar-refractivity contribution in [2.45, 2.75) is 32.4 Å². The first-order valence-corrected chi connectivity index (χ1v) is 10.4. The van der Waals surface area contributed by atoms with Crippen LogP contribution in [0.25, 0.3) is 17.2 Å². The maximum absolute atomic E-state index is 12.8. The quantitative estimate of drug-likeness (QED) is 0.501. The molecule has 1 amide bonds. The Morgan fingerprint density at radius 3 is 2.91 bits per heavy atom. The Balaban J connectivity index is 1.51. The number of aryl methyl sites for hydroxylation is 2. The molecule has 1 aliphatic rings. The highest BCUT2D eigenvalue weighted by molar-refractivity contribution is 5.95. The maximum atomic E-state index is 12.8. The number of ether oxygens (including phenoxy) is 1. The molecule has 9 nitrogen and oxygen atoms in total. The molecule has 9 heteroatoms. The second-order valence-corrected chi connectivity index (χ2v) is 7.58. The Morgan fingerprint density at radius 1 is 1.19 bits per heavy atom. The molecule has 5 rings (SSSR count). The van der Waals surface area contributed by atoms with E-state index in [2.05, 4.69) is 38.8 Å². The van der Waals surface area contributed by atoms with E-state index in [1.807, 2.05) is 12.3 Å². The van der Waals surface area contributed by atoms with Crippen LogP contribution in [-0.4, -0.2) is 37.9 Å². The molecule has 0 saturated carbocycles. The summed E-state index contributed by atoms with van der Waals surface area (Å²) in [6.45, 7) is 0.433. The molecular weight excluding hydrogens is 408 g/mol. The van der Waals surface area contributed by atoms with Gasteiger partial charge in [-0.05, 0) is 30.4 Å². The van der Waals surface area contributed by atoms with Gasteiger partial charge in [-0.15, -0.1) is 0 Å². The summed E-state index contributed by atoms with van der Waals surface area (Å²) in [5, 5.41) is 11.0. The summed E-state index contributed by atoms with van der Waals surface area (Å²) in [6, 6.07) is 10.0. The second-order valence-electron chi connectivity index (χ2n) is 7.58. The zero-order valence-electron chi connectivity index (χ0n) is 17.6. The molecule has 1 aliphatic carbocycles. The minimum atomic E-state index is -0.286. The molecule has 0 unspecified atom stereocenters. The van der Waals surface area contributed by atoms with Crippen LogP contribution in [0.3, 0.4) is 0 Å². The first-order chi connectivity index (χ1) is 15.7. The molecule has 0 spiro atoms. The van der Waals surface area contributed by atoms with Crippen LogP contribution in [0.1, 0.15) is 39.3 Å². The van der Waals surface area contributed by atoms with E-state index in [1.54, 1.807) is 17.9 Å². The van der Waals surface area contributed by atoms with Gasteiger partial charge in [-0.2, -0.15) is 9.78 Å². The predicted octanol–water partition coefficient (Wildman–Crippen LogP) is 2.88. The summed E-state index contributed by atoms with van der Waals surface area (Å²) in [5.41, 5.74) is 6.04. The summed E-state index contributed by atoms with van der Waals surface area (Å²) in [4.78, 5) is 22.2. The predicted molar refractivity (Wildman–Crippen MR) is 115 cm³/mol. The van der Waals surface area contributed by atoms with Gasteiger partial charge >= 0.3 is 0 Å². The average molecular weight is 430 g/mol. The molecule has 162 valence electrons. The third-order valence-corrected chi connectivity index (χ3v) is 5.52. The van der Waals surface area contributed by atoms with E-state index < -0.39 is 0 Å². The third-order valence-electron chi connectivity index (χ3n) is 5.52. The lowest BCUT2D eigenvalue weighted by Crippen LogP contribution is -2.24. The largest absolute Gasteiger partial charge is 0.378 e. The van der Waals surface area contributed by atoms with Crippen molar-refractivity contribution in [2.24, 2.45) is 0 Å². The van der Waals surface area contributed by atoms with Crippen molar-refractivity contribution in [1.29, 1.82) is 0 Å². The summed E-state index contributed by atoms with van der Waals surface area (Å²) >= 11 is 0. The Kier molecular flexibility index (Phi) is 5.47. The zero-order chi connectivity index (χ0) is 21.9. The number of nitrogens with one attached hydrogen (secondary N) is 1. The Hall–Kier alpha value is -3.85. The molecule has 1 N–H and O–H groups in total. The number of aromatic nitrogens is 5. The van der Waals surface area contributed by atoms with E-state index in [9.17, 15) is 4.79 Å². The van der Waals surface area contributed by atoms with E-state index >= 15 is 0 Å². The fourth-order valence-corrected chi connectivity index (χ4v) is 3.96. The standard InChI is InChI=1S/C23H22N6O3/c1-31-14-20-19(22(30)24-12-17-9-10-32-28-17)13-26-29(20)23-25-11-16-7-4-6-15-5-2-3-8-18(15)21(16)27-23/h2-3,5,8-11,13H,4,6-7,12,14H2,1H3,(H,24,30). The SMILES string of the molecule is COCc1c(C(=O)NCc2ccon2)cnn1-c1ncc2c(n1)-c1ccccc1CCC2. The number of hydrogen-bond acceptors (Lipinski definition) is 7. The lowest BCUT2D eigenvalue weighted by Gasteiger charge is -2.12. The molecule has 0 bridgehead atoms. The minimum absolute atomic E-state index is 0.184. The molecule has 3 aromatic heterocycles. The zero-order valence-corrected chi connectivity index (χ0v) is 17.6. The summed E-state index contributed by atoms with van der Waals surface area (Å²) < 4.78 is 11.7. The highest BCUT2D eigenvalue weighted by Gasteiger charge is 2.22. The van der Waals surface area contributed by atoms with Gasteiger partial charge in [0.1, 0.15) is 12.0 Å². The fraction of sp³-hybridized carbons (Fsp3) is 0.261. The van der Waals surface area contributed by atoms with Crippen molar-refractivity contribution in [2.75, 3.05) is 7.11 Å². The van der Waals surface area contributed by atoms with Crippen LogP contribution in [0, 0.1) is 0 Å². The molecule has 0 aliphatic heterocycles. The Morgan fingerprint density at radius 2 is 2.06 bits per heavy atom. The number of benzene rings is 1. The van der Waals surface area contributed by atoms with Gasteiger partial charge in [0.05, 0.1) is 36.3 Å². The Labute approximate surface area is 184 Å². The van der Waals surface area contributed by atoms with E-state index in [0.717, 1.165) is 36.1 Å². The van der Waals surface area contributed by atoms with Crippen LogP contribution in [0.4, 0.5) is 0 Å². The normalized spacial score (nSPS) is 12.7. The number of amides is 1. The highest BCUT2D eigenvalue weighted by atomic mass is 16.5. The van der Waals surface area contributed by atoms with Crippen molar-refractivity contribution >= 4 is 5.91 Å². The number of fused-ring (bicyclic) bond motifs is 3. The molecule has 0 saturated heterocycles. The van der Waals surface area contributed by atoms with Crippen LogP contribution in [0.15, 0.2) is 53.5 Å². The van der Waals surface area contributed by atoms with Crippen molar-refractivity contribution in [3.8, 4) is 17.2 Å². The molecule has 0 atom stereocenters. The minimum Gasteiger partial charge on any atom is -0.378 e. The van der Waals surface area contributed by atoms with E-state index in [0.29, 0.717) is 22.9 Å². The molecular formula is C23H22N6O3. The van der Waals surface area contributed by atoms with Crippen molar-refractivity contribution in [3.63, 3.8) is 0 Å². The highest BCUT2D eigenvalue weighted by Crippen LogP contribution is 2.31. The van der Waals surface area contributed by atoms with Gasteiger partial charge in [-0.25, -0.2) is 9.97 Å². The van der Waals surface area contributed by atoms with Gasteiger partial charge in [-0.3, -0.25) is 4.79 Å². The molecule has 0 fully saturated rings. The maximum Gasteiger partial charge on any atom is 0.255 e. The summed E-state index contributed by atoms with van der Waals surface area (Å²) in [7, 11) is 1.57. The van der Waals surface area contributed by atoms with Crippen LogP contribution in [-0.2, 0) is 30.7 Å². The molecule has 4 aromatic rings. The van der Waals surface area contributed by atoms with E-state index in [-0.39, 0.29) is 19.1 Å².